The molecule has 1 aromatic carbocycles. The van der Waals surface area contributed by atoms with Gasteiger partial charge in [0.25, 0.3) is 0 Å². The van der Waals surface area contributed by atoms with Crippen molar-refractivity contribution in [1.29, 1.82) is 0 Å². The monoisotopic (exact) mass is 323 g/mol. The smallest absolute Gasteiger partial charge is 0.422 e. The predicted molar refractivity (Wildman–Crippen MR) is 73.3 cm³/mol. The van der Waals surface area contributed by atoms with Gasteiger partial charge in [-0.25, -0.2) is 8.42 Å². The Bertz CT molecular complexity index is 569. The highest BCUT2D eigenvalue weighted by atomic mass is 32.2. The van der Waals surface area contributed by atoms with Crippen LogP contribution >= 0.6 is 0 Å². The molecule has 8 heteroatoms. The van der Waals surface area contributed by atoms with Crippen LogP contribution in [0.25, 0.3) is 0 Å². The van der Waals surface area contributed by atoms with Crippen molar-refractivity contribution in [2.45, 2.75) is 25.1 Å². The van der Waals surface area contributed by atoms with Crippen molar-refractivity contribution >= 4 is 15.5 Å². The molecule has 21 heavy (non-hydrogen) atoms. The minimum atomic E-state index is -4.37. The van der Waals surface area contributed by atoms with E-state index in [4.69, 9.17) is 0 Å². The summed E-state index contributed by atoms with van der Waals surface area (Å²) in [7, 11) is -3.00. The lowest BCUT2D eigenvalue weighted by molar-refractivity contribution is -0.153. The lowest BCUT2D eigenvalue weighted by atomic mass is 10.1. The number of hydrogen-bond acceptors (Lipinski definition) is 4. The molecule has 1 saturated heterocycles. The molecule has 0 saturated carbocycles. The van der Waals surface area contributed by atoms with E-state index >= 15 is 0 Å². The van der Waals surface area contributed by atoms with Gasteiger partial charge in [-0.2, -0.15) is 13.2 Å². The first-order chi connectivity index (χ1) is 9.73. The number of rotatable bonds is 4. The van der Waals surface area contributed by atoms with Crippen LogP contribution in [0.1, 0.15) is 12.8 Å². The van der Waals surface area contributed by atoms with Crippen LogP contribution in [-0.2, 0) is 9.84 Å². The van der Waals surface area contributed by atoms with E-state index in [1.807, 2.05) is 0 Å². The average molecular weight is 323 g/mol. The summed E-state index contributed by atoms with van der Waals surface area (Å²) in [5.41, 5.74) is 0.663. The van der Waals surface area contributed by atoms with Gasteiger partial charge in [0.05, 0.1) is 11.5 Å². The molecule has 2 rings (SSSR count). The summed E-state index contributed by atoms with van der Waals surface area (Å²) in [5.74, 6) is 0.420. The third-order valence-electron chi connectivity index (χ3n) is 3.09. The van der Waals surface area contributed by atoms with Crippen molar-refractivity contribution in [1.82, 2.24) is 0 Å². The fraction of sp³-hybridized carbons (Fsp3) is 0.538. The minimum Gasteiger partial charge on any atom is -0.484 e. The summed E-state index contributed by atoms with van der Waals surface area (Å²) in [6.07, 6.45) is -2.99. The summed E-state index contributed by atoms with van der Waals surface area (Å²) in [5, 5.41) is 3.08. The molecule has 1 aromatic rings. The Morgan fingerprint density at radius 1 is 1.24 bits per heavy atom. The van der Waals surface area contributed by atoms with Crippen LogP contribution in [0.4, 0.5) is 18.9 Å². The number of alkyl halides is 3. The van der Waals surface area contributed by atoms with Gasteiger partial charge in [0.1, 0.15) is 5.75 Å². The van der Waals surface area contributed by atoms with Gasteiger partial charge in [-0.1, -0.05) is 0 Å². The summed E-state index contributed by atoms with van der Waals surface area (Å²) >= 11 is 0. The Balaban J connectivity index is 1.90. The van der Waals surface area contributed by atoms with Gasteiger partial charge in [0, 0.05) is 11.7 Å². The highest BCUT2D eigenvalue weighted by molar-refractivity contribution is 7.91. The number of benzene rings is 1. The van der Waals surface area contributed by atoms with E-state index in [2.05, 4.69) is 10.1 Å². The maximum absolute atomic E-state index is 12.0. The molecule has 0 amide bonds. The first-order valence-corrected chi connectivity index (χ1v) is 8.32. The minimum absolute atomic E-state index is 0.0827. The molecule has 1 aliphatic rings. The molecular formula is C13H16F3NO3S. The fourth-order valence-electron chi connectivity index (χ4n) is 2.18. The van der Waals surface area contributed by atoms with E-state index in [-0.39, 0.29) is 23.3 Å². The molecule has 118 valence electrons. The van der Waals surface area contributed by atoms with Crippen LogP contribution < -0.4 is 10.1 Å². The molecule has 1 atom stereocenters. The van der Waals surface area contributed by atoms with E-state index in [1.165, 1.54) is 12.1 Å². The topological polar surface area (TPSA) is 55.4 Å². The molecule has 0 aliphatic carbocycles. The van der Waals surface area contributed by atoms with Crippen molar-refractivity contribution in [3.05, 3.63) is 24.3 Å². The third-order valence-corrected chi connectivity index (χ3v) is 4.91. The Kier molecular flexibility index (Phi) is 4.65. The number of nitrogens with one attached hydrogen (secondary N) is 1. The van der Waals surface area contributed by atoms with Crippen molar-refractivity contribution in [2.24, 2.45) is 0 Å². The molecule has 1 unspecified atom stereocenters. The highest BCUT2D eigenvalue weighted by Crippen LogP contribution is 2.22. The molecule has 0 bridgehead atoms. The van der Waals surface area contributed by atoms with Crippen LogP contribution in [0.15, 0.2) is 24.3 Å². The summed E-state index contributed by atoms with van der Waals surface area (Å²) in [6.45, 7) is -1.33. The molecule has 1 N–H and O–H groups in total. The molecule has 0 aromatic heterocycles. The van der Waals surface area contributed by atoms with E-state index in [0.717, 1.165) is 6.42 Å². The second kappa shape index (κ2) is 6.13. The Labute approximate surface area is 121 Å². The zero-order valence-corrected chi connectivity index (χ0v) is 12.0. The standard InChI is InChI=1S/C13H16F3NO3S/c14-13(15,16)9-20-12-5-3-10(4-6-12)17-11-2-1-7-21(18,19)8-11/h3-6,11,17H,1-2,7-9H2. The summed E-state index contributed by atoms with van der Waals surface area (Å²) in [4.78, 5) is 0. The number of hydrogen-bond donors (Lipinski definition) is 1. The van der Waals surface area contributed by atoms with E-state index in [9.17, 15) is 21.6 Å². The van der Waals surface area contributed by atoms with Crippen LogP contribution in [0.5, 0.6) is 5.75 Å². The number of ether oxygens (including phenoxy) is 1. The van der Waals surface area contributed by atoms with Gasteiger partial charge < -0.3 is 10.1 Å². The van der Waals surface area contributed by atoms with Crippen LogP contribution in [0.2, 0.25) is 0 Å². The molecular weight excluding hydrogens is 307 g/mol. The molecule has 1 fully saturated rings. The predicted octanol–water partition coefficient (Wildman–Crippen LogP) is 2.62. The third kappa shape index (κ3) is 5.45. The highest BCUT2D eigenvalue weighted by Gasteiger charge is 2.28. The van der Waals surface area contributed by atoms with Crippen molar-refractivity contribution < 1.29 is 26.3 Å². The van der Waals surface area contributed by atoms with Crippen molar-refractivity contribution in [2.75, 3.05) is 23.4 Å². The van der Waals surface area contributed by atoms with Crippen LogP contribution in [0.3, 0.4) is 0 Å². The number of sulfone groups is 1. The normalized spacial score (nSPS) is 21.8. The average Bonchev–Trinajstić information content (AvgIpc) is 2.36. The quantitative estimate of drug-likeness (QED) is 0.925. The largest absolute Gasteiger partial charge is 0.484 e. The second-order valence-corrected chi connectivity index (χ2v) is 7.25. The first kappa shape index (κ1) is 15.9. The SMILES string of the molecule is O=S1(=O)CCCC(Nc2ccc(OCC(F)(F)F)cc2)C1. The first-order valence-electron chi connectivity index (χ1n) is 6.50. The Hall–Kier alpha value is -1.44. The molecule has 0 radical (unpaired) electrons. The van der Waals surface area contributed by atoms with Gasteiger partial charge in [-0.15, -0.1) is 0 Å². The molecule has 1 heterocycles. The van der Waals surface area contributed by atoms with Crippen LogP contribution in [0, 0.1) is 0 Å². The van der Waals surface area contributed by atoms with E-state index < -0.39 is 22.6 Å². The molecule has 4 nitrogen and oxygen atoms in total. The zero-order valence-electron chi connectivity index (χ0n) is 11.2. The zero-order chi connectivity index (χ0) is 15.5. The Morgan fingerprint density at radius 3 is 2.48 bits per heavy atom. The van der Waals surface area contributed by atoms with Gasteiger partial charge in [0.2, 0.25) is 0 Å². The maximum atomic E-state index is 12.0. The van der Waals surface area contributed by atoms with Crippen molar-refractivity contribution in [3.8, 4) is 5.75 Å². The summed E-state index contributed by atoms with van der Waals surface area (Å²) in [6, 6.07) is 5.84. The second-order valence-electron chi connectivity index (χ2n) is 5.03. The maximum Gasteiger partial charge on any atom is 0.422 e. The van der Waals surface area contributed by atoms with E-state index in [1.54, 1.807) is 12.1 Å². The van der Waals surface area contributed by atoms with Gasteiger partial charge in [-0.05, 0) is 37.1 Å². The van der Waals surface area contributed by atoms with Crippen molar-refractivity contribution in [3.63, 3.8) is 0 Å². The van der Waals surface area contributed by atoms with Gasteiger partial charge >= 0.3 is 6.18 Å². The lowest BCUT2D eigenvalue weighted by Crippen LogP contribution is -2.34. The fourth-order valence-corrected chi connectivity index (χ4v) is 3.82. The van der Waals surface area contributed by atoms with Crippen LogP contribution in [-0.4, -0.2) is 38.7 Å². The number of anilines is 1. The van der Waals surface area contributed by atoms with E-state index in [0.29, 0.717) is 12.1 Å². The summed E-state index contributed by atoms with van der Waals surface area (Å²) < 4.78 is 63.7. The molecule has 0 spiro atoms. The lowest BCUT2D eigenvalue weighted by Gasteiger charge is -2.24. The molecule has 1 aliphatic heterocycles. The van der Waals surface area contributed by atoms with Gasteiger partial charge in [0.15, 0.2) is 16.4 Å². The van der Waals surface area contributed by atoms with Gasteiger partial charge in [-0.3, -0.25) is 0 Å². The number of halogens is 3. The Morgan fingerprint density at radius 2 is 1.90 bits per heavy atom.